The van der Waals surface area contributed by atoms with Crippen molar-refractivity contribution in [3.05, 3.63) is 24.2 Å². The first-order valence-electron chi connectivity index (χ1n) is 7.44. The number of aliphatic imine (C=N–C) groups is 1. The molecule has 0 aliphatic carbocycles. The number of carbonyl (C=O) groups is 1. The average molecular weight is 290 g/mol. The van der Waals surface area contributed by atoms with Crippen molar-refractivity contribution in [3.8, 4) is 0 Å². The number of furan rings is 1. The van der Waals surface area contributed by atoms with E-state index in [1.54, 1.807) is 19.6 Å². The molecule has 0 aromatic carbocycles. The number of likely N-dealkylation sites (tertiary alicyclic amines) is 1. The van der Waals surface area contributed by atoms with E-state index in [-0.39, 0.29) is 11.3 Å². The summed E-state index contributed by atoms with van der Waals surface area (Å²) in [6.45, 7) is 3.36. The molecule has 6 heteroatoms. The summed E-state index contributed by atoms with van der Waals surface area (Å²) in [7, 11) is 1.80. The van der Waals surface area contributed by atoms with E-state index in [1.807, 2.05) is 6.07 Å². The van der Waals surface area contributed by atoms with Crippen LogP contribution in [0.25, 0.3) is 0 Å². The topological polar surface area (TPSA) is 69.9 Å². The summed E-state index contributed by atoms with van der Waals surface area (Å²) in [5.74, 6) is 1.08. The van der Waals surface area contributed by atoms with E-state index in [9.17, 15) is 4.79 Å². The highest BCUT2D eigenvalue weighted by Crippen LogP contribution is 2.35. The molecule has 1 aromatic rings. The van der Waals surface area contributed by atoms with Gasteiger partial charge in [-0.1, -0.05) is 0 Å². The summed E-state index contributed by atoms with van der Waals surface area (Å²) in [5.41, 5.74) is 1.18. The van der Waals surface area contributed by atoms with Gasteiger partial charge < -0.3 is 20.0 Å². The van der Waals surface area contributed by atoms with Gasteiger partial charge in [-0.25, -0.2) is 0 Å². The van der Waals surface area contributed by atoms with Crippen molar-refractivity contribution in [2.75, 3.05) is 26.7 Å². The standard InChI is InChI=1S/C15H22N4O2/c1-16-14(17-8-12-3-6-21-9-12)19-5-2-4-15(11-19)7-13(20)18-10-15/h3,6,9H,2,4-5,7-8,10-11H2,1H3,(H,16,17)(H,18,20). The van der Waals surface area contributed by atoms with Crippen molar-refractivity contribution in [1.29, 1.82) is 0 Å². The molecule has 3 rings (SSSR count). The van der Waals surface area contributed by atoms with E-state index in [4.69, 9.17) is 4.42 Å². The Morgan fingerprint density at radius 1 is 1.62 bits per heavy atom. The van der Waals surface area contributed by atoms with E-state index in [2.05, 4.69) is 20.5 Å². The summed E-state index contributed by atoms with van der Waals surface area (Å²) >= 11 is 0. The molecule has 1 aromatic heterocycles. The number of rotatable bonds is 2. The Balaban J connectivity index is 1.62. The van der Waals surface area contributed by atoms with E-state index >= 15 is 0 Å². The molecular formula is C15H22N4O2. The average Bonchev–Trinajstić information content (AvgIpc) is 3.11. The molecular weight excluding hydrogens is 268 g/mol. The lowest BCUT2D eigenvalue weighted by Gasteiger charge is -2.40. The number of guanidine groups is 1. The van der Waals surface area contributed by atoms with Crippen LogP contribution in [-0.4, -0.2) is 43.4 Å². The smallest absolute Gasteiger partial charge is 0.220 e. The highest BCUT2D eigenvalue weighted by molar-refractivity contribution is 5.81. The molecule has 0 radical (unpaired) electrons. The van der Waals surface area contributed by atoms with Crippen LogP contribution in [0.15, 0.2) is 28.0 Å². The molecule has 1 spiro atoms. The lowest BCUT2D eigenvalue weighted by molar-refractivity contribution is -0.119. The fourth-order valence-corrected chi connectivity index (χ4v) is 3.34. The summed E-state index contributed by atoms with van der Waals surface area (Å²) in [6.07, 6.45) is 6.26. The van der Waals surface area contributed by atoms with Gasteiger partial charge in [-0.2, -0.15) is 0 Å². The minimum absolute atomic E-state index is 0.0859. The van der Waals surface area contributed by atoms with Gasteiger partial charge in [-0.3, -0.25) is 9.79 Å². The second-order valence-electron chi connectivity index (χ2n) is 6.01. The van der Waals surface area contributed by atoms with Crippen LogP contribution in [0, 0.1) is 5.41 Å². The Morgan fingerprint density at radius 3 is 3.19 bits per heavy atom. The zero-order valence-corrected chi connectivity index (χ0v) is 12.4. The molecule has 1 unspecified atom stereocenters. The molecule has 2 N–H and O–H groups in total. The predicted octanol–water partition coefficient (Wildman–Crippen LogP) is 0.957. The van der Waals surface area contributed by atoms with Gasteiger partial charge in [0.25, 0.3) is 0 Å². The molecule has 2 aliphatic rings. The SMILES string of the molecule is CN=C(NCc1ccoc1)N1CCCC2(CNC(=O)C2)C1. The van der Waals surface area contributed by atoms with Gasteiger partial charge in [0.1, 0.15) is 0 Å². The number of piperidine rings is 1. The third kappa shape index (κ3) is 3.04. The maximum absolute atomic E-state index is 11.6. The van der Waals surface area contributed by atoms with Crippen LogP contribution in [0.1, 0.15) is 24.8 Å². The van der Waals surface area contributed by atoms with Crippen molar-refractivity contribution < 1.29 is 9.21 Å². The van der Waals surface area contributed by atoms with Crippen molar-refractivity contribution in [2.45, 2.75) is 25.8 Å². The van der Waals surface area contributed by atoms with Crippen molar-refractivity contribution in [2.24, 2.45) is 10.4 Å². The number of nitrogens with one attached hydrogen (secondary N) is 2. The normalized spacial score (nSPS) is 26.2. The monoisotopic (exact) mass is 290 g/mol. The Bertz CT molecular complexity index is 526. The predicted molar refractivity (Wildman–Crippen MR) is 79.8 cm³/mol. The van der Waals surface area contributed by atoms with Gasteiger partial charge in [0, 0.05) is 50.6 Å². The third-order valence-corrected chi connectivity index (χ3v) is 4.40. The van der Waals surface area contributed by atoms with Crippen LogP contribution < -0.4 is 10.6 Å². The largest absolute Gasteiger partial charge is 0.472 e. The molecule has 21 heavy (non-hydrogen) atoms. The minimum atomic E-state index is 0.0859. The van der Waals surface area contributed by atoms with Crippen LogP contribution in [0.2, 0.25) is 0 Å². The van der Waals surface area contributed by atoms with Crippen molar-refractivity contribution in [3.63, 3.8) is 0 Å². The summed E-state index contributed by atoms with van der Waals surface area (Å²) < 4.78 is 5.07. The molecule has 6 nitrogen and oxygen atoms in total. The Labute approximate surface area is 124 Å². The number of nitrogens with zero attached hydrogens (tertiary/aromatic N) is 2. The zero-order chi connectivity index (χ0) is 14.7. The molecule has 2 fully saturated rings. The Kier molecular flexibility index (Phi) is 3.86. The highest BCUT2D eigenvalue weighted by Gasteiger charge is 2.42. The molecule has 3 heterocycles. The Morgan fingerprint density at radius 2 is 2.52 bits per heavy atom. The second kappa shape index (κ2) is 5.79. The molecule has 0 bridgehead atoms. The van der Waals surface area contributed by atoms with Crippen molar-refractivity contribution >= 4 is 11.9 Å². The highest BCUT2D eigenvalue weighted by atomic mass is 16.3. The molecule has 2 saturated heterocycles. The fourth-order valence-electron chi connectivity index (χ4n) is 3.34. The number of amides is 1. The van der Waals surface area contributed by atoms with Crippen LogP contribution >= 0.6 is 0 Å². The summed E-state index contributed by atoms with van der Waals surface area (Å²) in [6, 6.07) is 1.94. The molecule has 0 saturated carbocycles. The van der Waals surface area contributed by atoms with Gasteiger partial charge in [0.05, 0.1) is 12.5 Å². The Hall–Kier alpha value is -1.98. The molecule has 1 amide bonds. The molecule has 114 valence electrons. The van der Waals surface area contributed by atoms with Gasteiger partial charge in [0.15, 0.2) is 5.96 Å². The van der Waals surface area contributed by atoms with Gasteiger partial charge in [0.2, 0.25) is 5.91 Å². The van der Waals surface area contributed by atoms with Gasteiger partial charge >= 0.3 is 0 Å². The molecule has 2 aliphatic heterocycles. The first-order valence-corrected chi connectivity index (χ1v) is 7.44. The first kappa shape index (κ1) is 14.0. The van der Waals surface area contributed by atoms with Crippen molar-refractivity contribution in [1.82, 2.24) is 15.5 Å². The van der Waals surface area contributed by atoms with Crippen LogP contribution in [0.4, 0.5) is 0 Å². The van der Waals surface area contributed by atoms with Gasteiger partial charge in [-0.05, 0) is 18.9 Å². The van der Waals surface area contributed by atoms with Crippen LogP contribution in [0.5, 0.6) is 0 Å². The zero-order valence-electron chi connectivity index (χ0n) is 12.4. The van der Waals surface area contributed by atoms with E-state index in [1.165, 1.54) is 0 Å². The maximum Gasteiger partial charge on any atom is 0.220 e. The second-order valence-corrected chi connectivity index (χ2v) is 6.01. The first-order chi connectivity index (χ1) is 10.2. The van der Waals surface area contributed by atoms with Crippen LogP contribution in [-0.2, 0) is 11.3 Å². The molecule has 1 atom stereocenters. The van der Waals surface area contributed by atoms with Gasteiger partial charge in [-0.15, -0.1) is 0 Å². The summed E-state index contributed by atoms with van der Waals surface area (Å²) in [4.78, 5) is 18.2. The lowest BCUT2D eigenvalue weighted by Crippen LogP contribution is -2.51. The van der Waals surface area contributed by atoms with E-state index < -0.39 is 0 Å². The number of hydrogen-bond donors (Lipinski definition) is 2. The number of hydrogen-bond acceptors (Lipinski definition) is 3. The van der Waals surface area contributed by atoms with E-state index in [0.717, 1.165) is 44.0 Å². The van der Waals surface area contributed by atoms with Crippen LogP contribution in [0.3, 0.4) is 0 Å². The number of carbonyl (C=O) groups excluding carboxylic acids is 1. The fraction of sp³-hybridized carbons (Fsp3) is 0.600. The maximum atomic E-state index is 11.6. The lowest BCUT2D eigenvalue weighted by atomic mass is 9.79. The summed E-state index contributed by atoms with van der Waals surface area (Å²) in [5, 5.41) is 6.34. The minimum Gasteiger partial charge on any atom is -0.472 e. The quantitative estimate of drug-likeness (QED) is 0.629. The van der Waals surface area contributed by atoms with E-state index in [0.29, 0.717) is 13.0 Å². The third-order valence-electron chi connectivity index (χ3n) is 4.40.